The Morgan fingerprint density at radius 1 is 1.33 bits per heavy atom. The van der Waals surface area contributed by atoms with Crippen molar-refractivity contribution in [2.75, 3.05) is 19.6 Å². The smallest absolute Gasteiger partial charge is 0.362 e. The van der Waals surface area contributed by atoms with E-state index in [2.05, 4.69) is 5.32 Å². The molecule has 2 N–H and O–H groups in total. The number of alkyl halides is 3. The van der Waals surface area contributed by atoms with E-state index in [1.165, 1.54) is 0 Å². The molecule has 1 unspecified atom stereocenters. The standard InChI is InChI=1S/C11H17F3N2O2/c12-11(13,14)7-16-9(17)8-1-2-10(18-8)3-5-15-6-4-10/h8,15H,1-7H2,(H,16,17). The van der Waals surface area contributed by atoms with Gasteiger partial charge >= 0.3 is 6.18 Å². The number of hydrogen-bond acceptors (Lipinski definition) is 3. The zero-order chi connectivity index (χ0) is 13.2. The van der Waals surface area contributed by atoms with E-state index in [-0.39, 0.29) is 5.60 Å². The third-order valence-electron chi connectivity index (χ3n) is 3.52. The molecule has 2 aliphatic rings. The fourth-order valence-electron chi connectivity index (χ4n) is 2.55. The average molecular weight is 266 g/mol. The molecule has 4 nitrogen and oxygen atoms in total. The van der Waals surface area contributed by atoms with Crippen LogP contribution in [0.4, 0.5) is 13.2 Å². The van der Waals surface area contributed by atoms with Crippen molar-refractivity contribution in [2.45, 2.75) is 43.6 Å². The fourth-order valence-corrected chi connectivity index (χ4v) is 2.55. The normalized spacial score (nSPS) is 27.4. The number of hydrogen-bond donors (Lipinski definition) is 2. The second-order valence-electron chi connectivity index (χ2n) is 4.91. The van der Waals surface area contributed by atoms with Gasteiger partial charge in [-0.15, -0.1) is 0 Å². The molecule has 104 valence electrons. The van der Waals surface area contributed by atoms with Crippen LogP contribution >= 0.6 is 0 Å². The second kappa shape index (κ2) is 5.05. The summed E-state index contributed by atoms with van der Waals surface area (Å²) in [6.45, 7) is 0.369. The number of halogens is 3. The monoisotopic (exact) mass is 266 g/mol. The molecule has 18 heavy (non-hydrogen) atoms. The van der Waals surface area contributed by atoms with Gasteiger partial charge < -0.3 is 15.4 Å². The van der Waals surface area contributed by atoms with Crippen LogP contribution in [0.15, 0.2) is 0 Å². The second-order valence-corrected chi connectivity index (χ2v) is 4.91. The number of nitrogens with one attached hydrogen (secondary N) is 2. The Bertz CT molecular complexity index is 314. The highest BCUT2D eigenvalue weighted by Crippen LogP contribution is 2.37. The molecule has 7 heteroatoms. The van der Waals surface area contributed by atoms with Crippen molar-refractivity contribution in [2.24, 2.45) is 0 Å². The lowest BCUT2D eigenvalue weighted by atomic mass is 9.89. The summed E-state index contributed by atoms with van der Waals surface area (Å²) in [6, 6.07) is 0. The zero-order valence-corrected chi connectivity index (χ0v) is 9.98. The van der Waals surface area contributed by atoms with Crippen molar-refractivity contribution < 1.29 is 22.7 Å². The van der Waals surface area contributed by atoms with Crippen molar-refractivity contribution >= 4 is 5.91 Å². The number of rotatable bonds is 2. The van der Waals surface area contributed by atoms with Gasteiger partial charge in [0.15, 0.2) is 0 Å². The van der Waals surface area contributed by atoms with E-state index in [0.29, 0.717) is 6.42 Å². The summed E-state index contributed by atoms with van der Waals surface area (Å²) in [5.74, 6) is -0.650. The molecule has 1 spiro atoms. The molecular weight excluding hydrogens is 249 g/mol. The maximum Gasteiger partial charge on any atom is 0.405 e. The van der Waals surface area contributed by atoms with Crippen LogP contribution in [0.25, 0.3) is 0 Å². The van der Waals surface area contributed by atoms with Gasteiger partial charge in [-0.3, -0.25) is 4.79 Å². The number of piperidine rings is 1. The molecule has 2 heterocycles. The molecule has 1 amide bonds. The molecule has 0 aliphatic carbocycles. The van der Waals surface area contributed by atoms with E-state index < -0.39 is 24.7 Å². The van der Waals surface area contributed by atoms with E-state index in [4.69, 9.17) is 4.74 Å². The Morgan fingerprint density at radius 3 is 2.61 bits per heavy atom. The lowest BCUT2D eigenvalue weighted by Gasteiger charge is -2.33. The first-order chi connectivity index (χ1) is 8.40. The number of carbonyl (C=O) groups excluding carboxylic acids is 1. The van der Waals surface area contributed by atoms with Crippen LogP contribution in [0.5, 0.6) is 0 Å². The number of ether oxygens (including phenoxy) is 1. The quantitative estimate of drug-likeness (QED) is 0.783. The van der Waals surface area contributed by atoms with Gasteiger partial charge in [0.1, 0.15) is 12.6 Å². The minimum Gasteiger partial charge on any atom is -0.362 e. The number of amides is 1. The topological polar surface area (TPSA) is 50.4 Å². The molecule has 0 aromatic heterocycles. The molecule has 2 fully saturated rings. The summed E-state index contributed by atoms with van der Waals surface area (Å²) < 4.78 is 41.7. The Hall–Kier alpha value is -0.820. The van der Waals surface area contributed by atoms with Crippen LogP contribution in [0.2, 0.25) is 0 Å². The summed E-state index contributed by atoms with van der Waals surface area (Å²) in [7, 11) is 0. The minimum absolute atomic E-state index is 0.300. The van der Waals surface area contributed by atoms with E-state index in [0.717, 1.165) is 32.4 Å². The molecule has 1 atom stereocenters. The van der Waals surface area contributed by atoms with Gasteiger partial charge in [-0.2, -0.15) is 13.2 Å². The van der Waals surface area contributed by atoms with Gasteiger partial charge in [0.25, 0.3) is 0 Å². The first kappa shape index (κ1) is 13.6. The summed E-state index contributed by atoms with van der Waals surface area (Å²) in [4.78, 5) is 11.6. The van der Waals surface area contributed by atoms with Crippen LogP contribution in [0.1, 0.15) is 25.7 Å². The Balaban J connectivity index is 1.82. The van der Waals surface area contributed by atoms with Gasteiger partial charge in [0.2, 0.25) is 5.91 Å². The summed E-state index contributed by atoms with van der Waals surface area (Å²) in [6.07, 6.45) is -2.22. The van der Waals surface area contributed by atoms with Gasteiger partial charge in [-0.25, -0.2) is 0 Å². The largest absolute Gasteiger partial charge is 0.405 e. The van der Waals surface area contributed by atoms with Crippen LogP contribution < -0.4 is 10.6 Å². The van der Waals surface area contributed by atoms with Gasteiger partial charge in [-0.05, 0) is 38.8 Å². The van der Waals surface area contributed by atoms with Crippen molar-refractivity contribution in [1.29, 1.82) is 0 Å². The molecule has 0 aromatic carbocycles. The number of carbonyl (C=O) groups is 1. The van der Waals surface area contributed by atoms with Crippen molar-refractivity contribution in [1.82, 2.24) is 10.6 Å². The van der Waals surface area contributed by atoms with Gasteiger partial charge in [-0.1, -0.05) is 0 Å². The lowest BCUT2D eigenvalue weighted by molar-refractivity contribution is -0.149. The molecule has 2 aliphatic heterocycles. The predicted molar refractivity (Wildman–Crippen MR) is 58.0 cm³/mol. The van der Waals surface area contributed by atoms with E-state index in [1.54, 1.807) is 0 Å². The Kier molecular flexibility index (Phi) is 3.82. The molecule has 0 saturated carbocycles. The van der Waals surface area contributed by atoms with Gasteiger partial charge in [0, 0.05) is 0 Å². The van der Waals surface area contributed by atoms with Crippen molar-refractivity contribution in [3.8, 4) is 0 Å². The molecule has 2 rings (SSSR count). The van der Waals surface area contributed by atoms with Crippen molar-refractivity contribution in [3.63, 3.8) is 0 Å². The molecular formula is C11H17F3N2O2. The molecule has 0 radical (unpaired) electrons. The highest BCUT2D eigenvalue weighted by molar-refractivity contribution is 5.81. The Morgan fingerprint density at radius 2 is 2.00 bits per heavy atom. The zero-order valence-electron chi connectivity index (χ0n) is 9.98. The fraction of sp³-hybridized carbons (Fsp3) is 0.909. The SMILES string of the molecule is O=C(NCC(F)(F)F)C1CCC2(CCNCC2)O1. The van der Waals surface area contributed by atoms with Crippen LogP contribution in [0.3, 0.4) is 0 Å². The van der Waals surface area contributed by atoms with Crippen LogP contribution in [-0.4, -0.2) is 43.4 Å². The Labute approximate surface area is 103 Å². The molecule has 2 saturated heterocycles. The summed E-state index contributed by atoms with van der Waals surface area (Å²) in [5, 5.41) is 5.08. The highest BCUT2D eigenvalue weighted by atomic mass is 19.4. The minimum atomic E-state index is -4.37. The molecule has 0 bridgehead atoms. The van der Waals surface area contributed by atoms with E-state index in [1.807, 2.05) is 5.32 Å². The van der Waals surface area contributed by atoms with E-state index >= 15 is 0 Å². The molecule has 0 aromatic rings. The maximum absolute atomic E-state index is 12.0. The first-order valence-electron chi connectivity index (χ1n) is 6.13. The highest BCUT2D eigenvalue weighted by Gasteiger charge is 2.43. The van der Waals surface area contributed by atoms with E-state index in [9.17, 15) is 18.0 Å². The first-order valence-corrected chi connectivity index (χ1v) is 6.13. The summed E-state index contributed by atoms with van der Waals surface area (Å²) >= 11 is 0. The van der Waals surface area contributed by atoms with Crippen molar-refractivity contribution in [3.05, 3.63) is 0 Å². The lowest BCUT2D eigenvalue weighted by Crippen LogP contribution is -2.45. The third-order valence-corrected chi connectivity index (χ3v) is 3.52. The average Bonchev–Trinajstić information content (AvgIpc) is 2.70. The predicted octanol–water partition coefficient (Wildman–Crippen LogP) is 0.966. The van der Waals surface area contributed by atoms with Crippen LogP contribution in [0, 0.1) is 0 Å². The van der Waals surface area contributed by atoms with Crippen LogP contribution in [-0.2, 0) is 9.53 Å². The summed E-state index contributed by atoms with van der Waals surface area (Å²) in [5.41, 5.74) is -0.300. The third kappa shape index (κ3) is 3.35. The maximum atomic E-state index is 12.0. The van der Waals surface area contributed by atoms with Gasteiger partial charge in [0.05, 0.1) is 5.60 Å².